The zero-order valence-corrected chi connectivity index (χ0v) is 10.6. The van der Waals surface area contributed by atoms with E-state index in [9.17, 15) is 4.79 Å². The molecule has 0 aliphatic heterocycles. The molecule has 0 amide bonds. The first-order valence-corrected chi connectivity index (χ1v) is 6.89. The molecule has 3 nitrogen and oxygen atoms in total. The summed E-state index contributed by atoms with van der Waals surface area (Å²) < 4.78 is 0.867. The maximum Gasteiger partial charge on any atom is 0.174 e. The summed E-state index contributed by atoms with van der Waals surface area (Å²) in [6.45, 7) is 1.91. The minimum Gasteiger partial charge on any atom is -0.293 e. The van der Waals surface area contributed by atoms with E-state index in [2.05, 4.69) is 10.2 Å². The highest BCUT2D eigenvalue weighted by atomic mass is 32.2. The van der Waals surface area contributed by atoms with Crippen LogP contribution in [0.5, 0.6) is 0 Å². The first-order valence-electron chi connectivity index (χ1n) is 5.08. The lowest BCUT2D eigenvalue weighted by Gasteiger charge is -2.04. The van der Waals surface area contributed by atoms with Crippen molar-refractivity contribution < 1.29 is 4.79 Å². The molecule has 0 aromatic carbocycles. The van der Waals surface area contributed by atoms with Gasteiger partial charge in [0, 0.05) is 5.57 Å². The van der Waals surface area contributed by atoms with Gasteiger partial charge in [0.1, 0.15) is 5.01 Å². The van der Waals surface area contributed by atoms with Crippen LogP contribution in [0.25, 0.3) is 0 Å². The van der Waals surface area contributed by atoms with Gasteiger partial charge in [-0.2, -0.15) is 0 Å². The Labute approximate surface area is 103 Å². The third-order valence-electron chi connectivity index (χ3n) is 2.15. The summed E-state index contributed by atoms with van der Waals surface area (Å²) in [5.41, 5.74) is 0.833. The Morgan fingerprint density at radius 2 is 2.38 bits per heavy atom. The standard InChI is InChI=1S/C11H12N2OS2/c1-8-12-13-11(16-8)15-7-10(14)9-5-3-2-4-6-9/h3,5-6H,2,4,7H2,1H3. The van der Waals surface area contributed by atoms with E-state index in [1.807, 2.05) is 25.2 Å². The number of ketones is 1. The molecule has 16 heavy (non-hydrogen) atoms. The van der Waals surface area contributed by atoms with E-state index in [1.165, 1.54) is 23.1 Å². The largest absolute Gasteiger partial charge is 0.293 e. The minimum absolute atomic E-state index is 0.175. The van der Waals surface area contributed by atoms with E-state index < -0.39 is 0 Å². The number of thioether (sulfide) groups is 1. The van der Waals surface area contributed by atoms with Crippen LogP contribution in [0.4, 0.5) is 0 Å². The molecule has 1 aromatic rings. The molecule has 5 heteroatoms. The van der Waals surface area contributed by atoms with Gasteiger partial charge in [0.15, 0.2) is 10.1 Å². The van der Waals surface area contributed by atoms with Gasteiger partial charge < -0.3 is 0 Å². The highest BCUT2D eigenvalue weighted by molar-refractivity contribution is 8.01. The molecule has 1 aliphatic rings. The van der Waals surface area contributed by atoms with Gasteiger partial charge in [-0.25, -0.2) is 0 Å². The van der Waals surface area contributed by atoms with Crippen LogP contribution >= 0.6 is 23.1 Å². The highest BCUT2D eigenvalue weighted by Gasteiger charge is 2.10. The van der Waals surface area contributed by atoms with Crippen molar-refractivity contribution in [1.29, 1.82) is 0 Å². The lowest BCUT2D eigenvalue weighted by molar-refractivity contribution is -0.112. The number of carbonyl (C=O) groups is 1. The Hall–Kier alpha value is -0.940. The van der Waals surface area contributed by atoms with Crippen molar-refractivity contribution in [2.75, 3.05) is 5.75 Å². The fraction of sp³-hybridized carbons (Fsp3) is 0.364. The quantitative estimate of drug-likeness (QED) is 0.773. The lowest BCUT2D eigenvalue weighted by atomic mass is 10.0. The molecular weight excluding hydrogens is 240 g/mol. The average molecular weight is 252 g/mol. The third-order valence-corrected chi connectivity index (χ3v) is 4.12. The number of hydrogen-bond acceptors (Lipinski definition) is 5. The molecule has 2 rings (SSSR count). The highest BCUT2D eigenvalue weighted by Crippen LogP contribution is 2.23. The van der Waals surface area contributed by atoms with Gasteiger partial charge in [-0.1, -0.05) is 41.3 Å². The normalized spacial score (nSPS) is 14.9. The third kappa shape index (κ3) is 3.02. The number of hydrogen-bond donors (Lipinski definition) is 0. The SMILES string of the molecule is Cc1nnc(SCC(=O)C2=CCCC=C2)s1. The summed E-state index contributed by atoms with van der Waals surface area (Å²) in [7, 11) is 0. The number of aryl methyl sites for hydroxylation is 1. The molecular formula is C11H12N2OS2. The number of rotatable bonds is 4. The molecule has 0 fully saturated rings. The van der Waals surface area contributed by atoms with Gasteiger partial charge in [0.25, 0.3) is 0 Å². The Morgan fingerprint density at radius 1 is 1.50 bits per heavy atom. The van der Waals surface area contributed by atoms with Gasteiger partial charge in [0.2, 0.25) is 0 Å². The Kier molecular flexibility index (Phi) is 3.90. The van der Waals surface area contributed by atoms with Gasteiger partial charge in [0.05, 0.1) is 5.75 Å². The molecule has 1 aliphatic carbocycles. The average Bonchev–Trinajstić information content (AvgIpc) is 2.73. The molecule has 0 spiro atoms. The molecule has 1 aromatic heterocycles. The molecule has 0 bridgehead atoms. The van der Waals surface area contributed by atoms with Crippen LogP contribution in [0.1, 0.15) is 17.8 Å². The second-order valence-electron chi connectivity index (χ2n) is 3.44. The summed E-state index contributed by atoms with van der Waals surface area (Å²) >= 11 is 2.99. The van der Waals surface area contributed by atoms with Crippen LogP contribution < -0.4 is 0 Å². The van der Waals surface area contributed by atoms with E-state index in [1.54, 1.807) is 0 Å². The zero-order valence-electron chi connectivity index (χ0n) is 8.97. The number of allylic oxidation sites excluding steroid dienone is 4. The first-order chi connectivity index (χ1) is 7.75. The van der Waals surface area contributed by atoms with Gasteiger partial charge in [-0.05, 0) is 19.8 Å². The van der Waals surface area contributed by atoms with Crippen LogP contribution in [0, 0.1) is 6.92 Å². The second kappa shape index (κ2) is 5.41. The summed E-state index contributed by atoms with van der Waals surface area (Å²) in [5.74, 6) is 0.624. The Bertz CT molecular complexity index is 449. The van der Waals surface area contributed by atoms with Crippen LogP contribution in [0.2, 0.25) is 0 Å². The summed E-state index contributed by atoms with van der Waals surface area (Å²) in [5, 5.41) is 8.83. The molecule has 0 radical (unpaired) electrons. The van der Waals surface area contributed by atoms with Crippen LogP contribution in [0.15, 0.2) is 28.1 Å². The number of nitrogens with zero attached hydrogens (tertiary/aromatic N) is 2. The second-order valence-corrected chi connectivity index (χ2v) is 5.84. The molecule has 0 saturated carbocycles. The predicted molar refractivity (Wildman–Crippen MR) is 66.8 cm³/mol. The molecule has 0 unspecified atom stereocenters. The first kappa shape index (κ1) is 11.5. The van der Waals surface area contributed by atoms with Crippen LogP contribution in [0.3, 0.4) is 0 Å². The maximum atomic E-state index is 11.8. The van der Waals surface area contributed by atoms with Crippen molar-refractivity contribution in [1.82, 2.24) is 10.2 Å². The molecule has 1 heterocycles. The van der Waals surface area contributed by atoms with Crippen molar-refractivity contribution in [3.05, 3.63) is 28.8 Å². The molecule has 0 atom stereocenters. The monoisotopic (exact) mass is 252 g/mol. The van der Waals surface area contributed by atoms with E-state index >= 15 is 0 Å². The van der Waals surface area contributed by atoms with Crippen molar-refractivity contribution in [2.45, 2.75) is 24.1 Å². The van der Waals surface area contributed by atoms with E-state index in [-0.39, 0.29) is 5.78 Å². The number of aromatic nitrogens is 2. The van der Waals surface area contributed by atoms with Crippen molar-refractivity contribution in [2.24, 2.45) is 0 Å². The van der Waals surface area contributed by atoms with Crippen molar-refractivity contribution in [3.8, 4) is 0 Å². The Balaban J connectivity index is 1.88. The predicted octanol–water partition coefficient (Wildman–Crippen LogP) is 2.78. The Morgan fingerprint density at radius 3 is 3.00 bits per heavy atom. The smallest absolute Gasteiger partial charge is 0.174 e. The van der Waals surface area contributed by atoms with Gasteiger partial charge >= 0.3 is 0 Å². The van der Waals surface area contributed by atoms with Crippen molar-refractivity contribution in [3.63, 3.8) is 0 Å². The lowest BCUT2D eigenvalue weighted by Crippen LogP contribution is -2.05. The molecule has 0 N–H and O–H groups in total. The van der Waals surface area contributed by atoms with Crippen molar-refractivity contribution >= 4 is 28.9 Å². The molecule has 0 saturated heterocycles. The van der Waals surface area contributed by atoms with Crippen LogP contribution in [-0.4, -0.2) is 21.7 Å². The summed E-state index contributed by atoms with van der Waals surface area (Å²) in [4.78, 5) is 11.8. The fourth-order valence-electron chi connectivity index (χ4n) is 1.37. The summed E-state index contributed by atoms with van der Waals surface area (Å²) in [6.07, 6.45) is 7.98. The van der Waals surface area contributed by atoms with E-state index in [0.29, 0.717) is 5.75 Å². The molecule has 84 valence electrons. The summed E-state index contributed by atoms with van der Waals surface area (Å²) in [6, 6.07) is 0. The zero-order chi connectivity index (χ0) is 11.4. The number of Topliss-reactive ketones (excluding diaryl/α,β-unsaturated/α-hetero) is 1. The van der Waals surface area contributed by atoms with Gasteiger partial charge in [-0.3, -0.25) is 4.79 Å². The minimum atomic E-state index is 0.175. The maximum absolute atomic E-state index is 11.8. The van der Waals surface area contributed by atoms with E-state index in [0.717, 1.165) is 27.8 Å². The fourth-order valence-corrected chi connectivity index (χ4v) is 3.08. The van der Waals surface area contributed by atoms with E-state index in [4.69, 9.17) is 0 Å². The topological polar surface area (TPSA) is 42.9 Å². The van der Waals surface area contributed by atoms with Crippen LogP contribution in [-0.2, 0) is 4.79 Å². The van der Waals surface area contributed by atoms with Gasteiger partial charge in [-0.15, -0.1) is 10.2 Å². The number of carbonyl (C=O) groups excluding carboxylic acids is 1.